The Kier molecular flexibility index (Phi) is 6.54. The number of hydrogen-bond donors (Lipinski definition) is 0. The van der Waals surface area contributed by atoms with Gasteiger partial charge in [-0.1, -0.05) is 0 Å². The summed E-state index contributed by atoms with van der Waals surface area (Å²) < 4.78 is 1.26. The maximum atomic E-state index is 7.88. The van der Waals surface area contributed by atoms with E-state index in [4.69, 9.17) is 17.0 Å². The monoisotopic (exact) mass is 624 g/mol. The van der Waals surface area contributed by atoms with Gasteiger partial charge in [-0.2, -0.15) is 0 Å². The van der Waals surface area contributed by atoms with Crippen LogP contribution in [0.2, 0.25) is 0 Å². The van der Waals surface area contributed by atoms with Crippen molar-refractivity contribution in [1.29, 1.82) is 0 Å². The van der Waals surface area contributed by atoms with Crippen LogP contribution in [0.5, 0.6) is 0 Å². The Morgan fingerprint density at radius 3 is 1.95 bits per heavy atom. The summed E-state index contributed by atoms with van der Waals surface area (Å²) in [4.78, 5) is 0. The van der Waals surface area contributed by atoms with Crippen LogP contribution in [0.4, 0.5) is 0 Å². The zero-order valence-corrected chi connectivity index (χ0v) is 25.6. The van der Waals surface area contributed by atoms with Crippen LogP contribution >= 0.6 is 24.9 Å². The third-order valence-corrected chi connectivity index (χ3v) is 22.1. The van der Waals surface area contributed by atoms with E-state index in [0.29, 0.717) is 0 Å². The van der Waals surface area contributed by atoms with Crippen LogP contribution in [0, 0.1) is 0 Å². The van der Waals surface area contributed by atoms with E-state index >= 15 is 0 Å². The first-order chi connectivity index (χ1) is 18.6. The number of hydrogen-bond acceptors (Lipinski definition) is 0. The first-order valence-electron chi connectivity index (χ1n) is 12.9. The zero-order valence-electron chi connectivity index (χ0n) is 20.7. The topological polar surface area (TPSA) is 0 Å². The van der Waals surface area contributed by atoms with Gasteiger partial charge < -0.3 is 0 Å². The fraction of sp³-hybridized carbons (Fsp3) is 0.0588. The number of fused-ring (bicyclic) bond motifs is 4. The van der Waals surface area contributed by atoms with Crippen molar-refractivity contribution in [2.45, 2.75) is 10.0 Å². The molecule has 5 aromatic rings. The molecule has 4 heteroatoms. The number of allylic oxidation sites excluding steroid dienone is 1. The maximum absolute atomic E-state index is 7.88. The van der Waals surface area contributed by atoms with Gasteiger partial charge in [-0.3, -0.25) is 0 Å². The second kappa shape index (κ2) is 10.0. The minimum absolute atomic E-state index is 0.0329. The Hall–Kier alpha value is -2.27. The average molecular weight is 627 g/mol. The molecule has 2 aliphatic carbocycles. The Morgan fingerprint density at radius 2 is 1.21 bits per heavy atom. The molecular formula is C34H25Cl2PZr. The van der Waals surface area contributed by atoms with Crippen molar-refractivity contribution in [1.82, 2.24) is 0 Å². The second-order valence-electron chi connectivity index (χ2n) is 9.93. The van der Waals surface area contributed by atoms with Crippen molar-refractivity contribution < 1.29 is 17.9 Å². The van der Waals surface area contributed by atoms with Crippen molar-refractivity contribution in [3.63, 3.8) is 0 Å². The average Bonchev–Trinajstić information content (AvgIpc) is 3.53. The molecule has 0 heterocycles. The fourth-order valence-corrected chi connectivity index (χ4v) is 22.3. The van der Waals surface area contributed by atoms with Crippen LogP contribution in [0.3, 0.4) is 0 Å². The van der Waals surface area contributed by atoms with Gasteiger partial charge in [-0.15, -0.1) is 0 Å². The molecule has 1 unspecified atom stereocenters. The van der Waals surface area contributed by atoms with Crippen LogP contribution in [0.1, 0.15) is 25.9 Å². The molecule has 0 aromatic heterocycles. The molecule has 0 amide bonds. The summed E-state index contributed by atoms with van der Waals surface area (Å²) in [6, 6.07) is 45.9. The fourth-order valence-electron chi connectivity index (χ4n) is 6.11. The van der Waals surface area contributed by atoms with Gasteiger partial charge in [-0.05, 0) is 0 Å². The van der Waals surface area contributed by atoms with Crippen LogP contribution in [0.25, 0.3) is 17.2 Å². The molecule has 5 aromatic carbocycles. The van der Waals surface area contributed by atoms with Gasteiger partial charge in [0.25, 0.3) is 0 Å². The van der Waals surface area contributed by atoms with Crippen LogP contribution in [-0.2, 0) is 24.3 Å². The molecule has 0 nitrogen and oxygen atoms in total. The molecule has 2 aliphatic rings. The van der Waals surface area contributed by atoms with Crippen molar-refractivity contribution in [3.05, 3.63) is 155 Å². The predicted octanol–water partition coefficient (Wildman–Crippen LogP) is 8.57. The molecule has 0 saturated carbocycles. The molecule has 0 radical (unpaired) electrons. The molecule has 0 bridgehead atoms. The van der Waals surface area contributed by atoms with Crippen molar-refractivity contribution in [2.75, 3.05) is 0 Å². The van der Waals surface area contributed by atoms with Crippen molar-refractivity contribution in [3.8, 4) is 11.1 Å². The van der Waals surface area contributed by atoms with Crippen molar-refractivity contribution >= 4 is 44.9 Å². The summed E-state index contributed by atoms with van der Waals surface area (Å²) in [6.07, 6.45) is 3.30. The van der Waals surface area contributed by atoms with E-state index in [1.165, 1.54) is 52.6 Å². The van der Waals surface area contributed by atoms with E-state index in [1.807, 2.05) is 0 Å². The molecule has 184 valence electrons. The van der Waals surface area contributed by atoms with Gasteiger partial charge in [0.05, 0.1) is 0 Å². The molecular weight excluding hydrogens is 601 g/mol. The minimum atomic E-state index is -4.09. The normalized spacial score (nSPS) is 15.7. The van der Waals surface area contributed by atoms with E-state index in [2.05, 4.69) is 133 Å². The van der Waals surface area contributed by atoms with E-state index in [1.54, 1.807) is 0 Å². The quantitative estimate of drug-likeness (QED) is 0.168. The Balaban J connectivity index is 1.42. The zero-order chi connectivity index (χ0) is 25.7. The third-order valence-electron chi connectivity index (χ3n) is 7.77. The van der Waals surface area contributed by atoms with Gasteiger partial charge >= 0.3 is 239 Å². The molecule has 7 rings (SSSR count). The summed E-state index contributed by atoms with van der Waals surface area (Å²) in [6.45, 7) is 0. The molecule has 0 aliphatic heterocycles. The standard InChI is InChI=1S/C21H16P.C13H9.2ClH.Zr/c1-3-11-19(12-4-1)22(20-13-5-2-6-14-20)21-15-17-9-7-8-10-18(17)16-21;1-3-7-12-10(5-1)9-11-6-2-4-8-13(11)12;;;/h1-16H;1-5,7-8H,9H2;2*1H;/q;;;;+2/p-2. The van der Waals surface area contributed by atoms with Crippen LogP contribution in [0.15, 0.2) is 133 Å². The summed E-state index contributed by atoms with van der Waals surface area (Å²) in [5.41, 5.74) is 7.86. The first kappa shape index (κ1) is 24.8. The van der Waals surface area contributed by atoms with Crippen molar-refractivity contribution in [2.24, 2.45) is 0 Å². The van der Waals surface area contributed by atoms with E-state index in [9.17, 15) is 0 Å². The van der Waals surface area contributed by atoms with Gasteiger partial charge in [0, 0.05) is 0 Å². The molecule has 0 saturated heterocycles. The first-order valence-corrected chi connectivity index (χ1v) is 23.2. The molecule has 38 heavy (non-hydrogen) atoms. The third kappa shape index (κ3) is 4.11. The number of halogens is 2. The van der Waals surface area contributed by atoms with Crippen LogP contribution in [-0.4, -0.2) is 0 Å². The van der Waals surface area contributed by atoms with Gasteiger partial charge in [0.1, 0.15) is 0 Å². The summed E-state index contributed by atoms with van der Waals surface area (Å²) >= 11 is -4.09. The van der Waals surface area contributed by atoms with Gasteiger partial charge in [0.2, 0.25) is 0 Å². The van der Waals surface area contributed by atoms with E-state index in [0.717, 1.165) is 6.42 Å². The number of rotatable bonds is 5. The second-order valence-corrected chi connectivity index (χ2v) is 26.2. The summed E-state index contributed by atoms with van der Waals surface area (Å²) in [5.74, 6) is 0. The Bertz CT molecular complexity index is 1640. The SMILES string of the molecule is [Cl][Zr]([Cl])([c]1cccc2c1Cc1ccccc1-2)[CH]1C(P(c2ccccc2)c2ccccc2)=Cc2ccccc21. The number of benzene rings is 5. The van der Waals surface area contributed by atoms with Crippen LogP contribution < -0.4 is 13.9 Å². The summed E-state index contributed by atoms with van der Waals surface area (Å²) in [7, 11) is 15.0. The van der Waals surface area contributed by atoms with Gasteiger partial charge in [-0.25, -0.2) is 0 Å². The summed E-state index contributed by atoms with van der Waals surface area (Å²) in [5, 5.41) is 4.05. The van der Waals surface area contributed by atoms with E-state index < -0.39 is 25.8 Å². The predicted molar refractivity (Wildman–Crippen MR) is 162 cm³/mol. The molecule has 0 spiro atoms. The van der Waals surface area contributed by atoms with E-state index in [-0.39, 0.29) is 3.63 Å². The Morgan fingerprint density at radius 1 is 0.605 bits per heavy atom. The molecule has 1 atom stereocenters. The molecule has 0 N–H and O–H groups in total. The molecule has 0 fully saturated rings. The van der Waals surface area contributed by atoms with Gasteiger partial charge in [0.15, 0.2) is 0 Å². The Labute approximate surface area is 237 Å².